The molecule has 0 N–H and O–H groups in total. The van der Waals surface area contributed by atoms with Crippen molar-refractivity contribution in [2.24, 2.45) is 0 Å². The Kier molecular flexibility index (Phi) is 7.28. The average Bonchev–Trinajstić information content (AvgIpc) is 2.68. The predicted octanol–water partition coefficient (Wildman–Crippen LogP) is 2.93. The summed E-state index contributed by atoms with van der Waals surface area (Å²) in [5.41, 5.74) is 0.751. The maximum absolute atomic E-state index is 12.9. The van der Waals surface area contributed by atoms with Crippen LogP contribution in [-0.2, 0) is 11.2 Å². The van der Waals surface area contributed by atoms with Crippen molar-refractivity contribution in [1.82, 2.24) is 4.90 Å². The maximum Gasteiger partial charge on any atom is 0.226 e. The molecule has 2 aromatic rings. The molecule has 27 heavy (non-hydrogen) atoms. The van der Waals surface area contributed by atoms with Gasteiger partial charge in [0.25, 0.3) is 0 Å². The van der Waals surface area contributed by atoms with E-state index in [0.29, 0.717) is 36.1 Å². The molecule has 0 saturated heterocycles. The van der Waals surface area contributed by atoms with Gasteiger partial charge in [0.2, 0.25) is 11.7 Å². The predicted molar refractivity (Wildman–Crippen MR) is 99.3 cm³/mol. The molecule has 7 heteroatoms. The van der Waals surface area contributed by atoms with Crippen LogP contribution in [0.15, 0.2) is 36.4 Å². The third-order valence-corrected chi connectivity index (χ3v) is 4.01. The Morgan fingerprint density at radius 3 is 2.11 bits per heavy atom. The zero-order valence-electron chi connectivity index (χ0n) is 16.0. The Balaban J connectivity index is 1.94. The lowest BCUT2D eigenvalue weighted by Crippen LogP contribution is -2.32. The van der Waals surface area contributed by atoms with E-state index in [9.17, 15) is 9.18 Å². The number of carbonyl (C=O) groups excluding carboxylic acids is 1. The van der Waals surface area contributed by atoms with E-state index >= 15 is 0 Å². The molecule has 2 aromatic carbocycles. The van der Waals surface area contributed by atoms with E-state index in [4.69, 9.17) is 18.9 Å². The van der Waals surface area contributed by atoms with Gasteiger partial charge in [0.1, 0.15) is 18.2 Å². The minimum absolute atomic E-state index is 0.0769. The van der Waals surface area contributed by atoms with Crippen molar-refractivity contribution in [3.63, 3.8) is 0 Å². The summed E-state index contributed by atoms with van der Waals surface area (Å²) in [4.78, 5) is 14.0. The van der Waals surface area contributed by atoms with Crippen molar-refractivity contribution in [3.05, 3.63) is 47.8 Å². The molecule has 0 fully saturated rings. The Morgan fingerprint density at radius 2 is 1.59 bits per heavy atom. The van der Waals surface area contributed by atoms with Crippen LogP contribution in [0.5, 0.6) is 23.0 Å². The van der Waals surface area contributed by atoms with Crippen molar-refractivity contribution < 1.29 is 28.1 Å². The Labute approximate surface area is 158 Å². The summed E-state index contributed by atoms with van der Waals surface area (Å²) in [6, 6.07) is 9.26. The Bertz CT molecular complexity index is 738. The third kappa shape index (κ3) is 5.51. The normalized spacial score (nSPS) is 10.3. The fraction of sp³-hybridized carbons (Fsp3) is 0.350. The van der Waals surface area contributed by atoms with Crippen LogP contribution < -0.4 is 18.9 Å². The molecule has 0 atom stereocenters. The highest BCUT2D eigenvalue weighted by atomic mass is 19.1. The summed E-state index contributed by atoms with van der Waals surface area (Å²) in [5.74, 6) is 1.65. The number of amides is 1. The molecule has 0 aliphatic heterocycles. The van der Waals surface area contributed by atoms with E-state index in [1.54, 1.807) is 36.2 Å². The van der Waals surface area contributed by atoms with Crippen LogP contribution in [0.2, 0.25) is 0 Å². The minimum atomic E-state index is -0.319. The monoisotopic (exact) mass is 377 g/mol. The van der Waals surface area contributed by atoms with E-state index in [0.717, 1.165) is 5.56 Å². The molecular formula is C20H24FNO5. The van der Waals surface area contributed by atoms with Crippen LogP contribution in [0.1, 0.15) is 5.56 Å². The number of hydrogen-bond donors (Lipinski definition) is 0. The lowest BCUT2D eigenvalue weighted by molar-refractivity contribution is -0.129. The van der Waals surface area contributed by atoms with Gasteiger partial charge >= 0.3 is 0 Å². The third-order valence-electron chi connectivity index (χ3n) is 4.01. The van der Waals surface area contributed by atoms with Gasteiger partial charge in [-0.2, -0.15) is 0 Å². The first-order valence-corrected chi connectivity index (χ1v) is 8.39. The summed E-state index contributed by atoms with van der Waals surface area (Å²) in [5, 5.41) is 0. The second-order valence-corrected chi connectivity index (χ2v) is 5.83. The molecule has 0 unspecified atom stereocenters. The van der Waals surface area contributed by atoms with Gasteiger partial charge in [-0.3, -0.25) is 4.79 Å². The Morgan fingerprint density at radius 1 is 1.00 bits per heavy atom. The van der Waals surface area contributed by atoms with Crippen LogP contribution in [0.25, 0.3) is 0 Å². The highest BCUT2D eigenvalue weighted by molar-refractivity contribution is 5.79. The van der Waals surface area contributed by atoms with E-state index in [-0.39, 0.29) is 18.1 Å². The van der Waals surface area contributed by atoms with E-state index < -0.39 is 0 Å². The number of carbonyl (C=O) groups is 1. The van der Waals surface area contributed by atoms with Crippen LogP contribution >= 0.6 is 0 Å². The summed E-state index contributed by atoms with van der Waals surface area (Å²) in [6.07, 6.45) is 0.184. The number of halogens is 1. The first-order valence-electron chi connectivity index (χ1n) is 8.39. The van der Waals surface area contributed by atoms with Gasteiger partial charge in [0.05, 0.1) is 34.3 Å². The van der Waals surface area contributed by atoms with Gasteiger partial charge < -0.3 is 23.8 Å². The second-order valence-electron chi connectivity index (χ2n) is 5.83. The van der Waals surface area contributed by atoms with Crippen molar-refractivity contribution in [1.29, 1.82) is 0 Å². The number of hydrogen-bond acceptors (Lipinski definition) is 5. The van der Waals surface area contributed by atoms with E-state index in [2.05, 4.69) is 0 Å². The molecule has 1 amide bonds. The molecule has 146 valence electrons. The lowest BCUT2D eigenvalue weighted by atomic mass is 10.1. The fourth-order valence-corrected chi connectivity index (χ4v) is 2.50. The number of ether oxygens (including phenoxy) is 4. The topological polar surface area (TPSA) is 57.2 Å². The van der Waals surface area contributed by atoms with Crippen LogP contribution in [-0.4, -0.2) is 52.3 Å². The van der Waals surface area contributed by atoms with Crippen molar-refractivity contribution >= 4 is 5.91 Å². The van der Waals surface area contributed by atoms with Crippen molar-refractivity contribution in [2.75, 3.05) is 41.5 Å². The molecule has 0 saturated carbocycles. The molecule has 0 spiro atoms. The zero-order chi connectivity index (χ0) is 19.8. The minimum Gasteiger partial charge on any atom is -0.493 e. The molecule has 0 heterocycles. The number of nitrogens with zero attached hydrogens (tertiary/aromatic N) is 1. The molecule has 2 rings (SSSR count). The molecule has 0 radical (unpaired) electrons. The Hall–Kier alpha value is -2.96. The van der Waals surface area contributed by atoms with Gasteiger partial charge in [-0.25, -0.2) is 4.39 Å². The van der Waals surface area contributed by atoms with Crippen molar-refractivity contribution in [2.45, 2.75) is 6.42 Å². The smallest absolute Gasteiger partial charge is 0.226 e. The number of methoxy groups -OCH3 is 3. The molecule has 0 aliphatic carbocycles. The highest BCUT2D eigenvalue weighted by Gasteiger charge is 2.16. The SMILES string of the molecule is COc1cc(CC(=O)N(C)CCOc2ccc(F)cc2)cc(OC)c1OC. The van der Waals surface area contributed by atoms with Gasteiger partial charge in [-0.05, 0) is 42.0 Å². The number of benzene rings is 2. The van der Waals surface area contributed by atoms with Crippen LogP contribution in [0.4, 0.5) is 4.39 Å². The highest BCUT2D eigenvalue weighted by Crippen LogP contribution is 2.38. The van der Waals surface area contributed by atoms with Gasteiger partial charge in [-0.1, -0.05) is 0 Å². The fourth-order valence-electron chi connectivity index (χ4n) is 2.50. The summed E-state index contributed by atoms with van der Waals surface area (Å²) >= 11 is 0. The van der Waals surface area contributed by atoms with E-state index in [1.807, 2.05) is 0 Å². The van der Waals surface area contributed by atoms with Gasteiger partial charge in [-0.15, -0.1) is 0 Å². The van der Waals surface area contributed by atoms with Crippen LogP contribution in [0.3, 0.4) is 0 Å². The number of likely N-dealkylation sites (N-methyl/N-ethyl adjacent to an activating group) is 1. The first kappa shape index (κ1) is 20.4. The molecule has 6 nitrogen and oxygen atoms in total. The first-order chi connectivity index (χ1) is 13.0. The van der Waals surface area contributed by atoms with E-state index in [1.165, 1.54) is 33.5 Å². The maximum atomic E-state index is 12.9. The molecule has 0 aliphatic rings. The second kappa shape index (κ2) is 9.66. The zero-order valence-corrected chi connectivity index (χ0v) is 16.0. The summed E-state index contributed by atoms with van der Waals surface area (Å²) in [6.45, 7) is 0.712. The quantitative estimate of drug-likeness (QED) is 0.673. The van der Waals surface area contributed by atoms with Gasteiger partial charge in [0.15, 0.2) is 11.5 Å². The van der Waals surface area contributed by atoms with Crippen molar-refractivity contribution in [3.8, 4) is 23.0 Å². The number of rotatable bonds is 9. The lowest BCUT2D eigenvalue weighted by Gasteiger charge is -2.19. The summed E-state index contributed by atoms with van der Waals surface area (Å²) < 4.78 is 34.3. The van der Waals surface area contributed by atoms with Gasteiger partial charge in [0, 0.05) is 7.05 Å². The largest absolute Gasteiger partial charge is 0.493 e. The standard InChI is InChI=1S/C20H24FNO5/c1-22(9-10-27-16-7-5-15(21)6-8-16)19(23)13-14-11-17(24-2)20(26-4)18(12-14)25-3/h5-8,11-12H,9-10,13H2,1-4H3. The molecular weight excluding hydrogens is 353 g/mol. The molecule has 0 aromatic heterocycles. The summed E-state index contributed by atoms with van der Waals surface area (Å²) in [7, 11) is 6.29. The molecule has 0 bridgehead atoms. The average molecular weight is 377 g/mol. The van der Waals surface area contributed by atoms with Crippen LogP contribution in [0, 0.1) is 5.82 Å².